The van der Waals surface area contributed by atoms with Crippen molar-refractivity contribution >= 4 is 11.4 Å². The quantitative estimate of drug-likeness (QED) is 0.781. The molecular weight excluding hydrogens is 222 g/mol. The van der Waals surface area contributed by atoms with E-state index in [9.17, 15) is 0 Å². The van der Waals surface area contributed by atoms with Gasteiger partial charge in [0.25, 0.3) is 0 Å². The maximum atomic E-state index is 8.99. The molecule has 1 aromatic carbocycles. The summed E-state index contributed by atoms with van der Waals surface area (Å²) >= 11 is 0. The largest absolute Gasteiger partial charge is 0.399 e. The van der Waals surface area contributed by atoms with E-state index in [-0.39, 0.29) is 5.41 Å². The molecule has 0 aliphatic carbocycles. The standard InChI is InChI=1S/C15H23N3/c1-4-18(11-5-10-15(2,3)12-16)14-8-6-13(17)7-9-14/h6-9H,4-5,10-11,17H2,1-3H3. The van der Waals surface area contributed by atoms with Crippen LogP contribution in [0.5, 0.6) is 0 Å². The summed E-state index contributed by atoms with van der Waals surface area (Å²) < 4.78 is 0. The lowest BCUT2D eigenvalue weighted by Crippen LogP contribution is -2.25. The van der Waals surface area contributed by atoms with E-state index < -0.39 is 0 Å². The Morgan fingerprint density at radius 2 is 1.89 bits per heavy atom. The van der Waals surface area contributed by atoms with Gasteiger partial charge in [0.15, 0.2) is 0 Å². The highest BCUT2D eigenvalue weighted by Gasteiger charge is 2.16. The zero-order valence-corrected chi connectivity index (χ0v) is 11.6. The van der Waals surface area contributed by atoms with E-state index >= 15 is 0 Å². The molecule has 0 aliphatic rings. The number of nitrogen functional groups attached to an aromatic ring is 1. The first-order valence-corrected chi connectivity index (χ1v) is 6.50. The fourth-order valence-corrected chi connectivity index (χ4v) is 1.92. The van der Waals surface area contributed by atoms with Gasteiger partial charge in [-0.3, -0.25) is 0 Å². The van der Waals surface area contributed by atoms with Crippen LogP contribution in [0.4, 0.5) is 11.4 Å². The van der Waals surface area contributed by atoms with Gasteiger partial charge in [0.2, 0.25) is 0 Å². The molecule has 0 atom stereocenters. The minimum absolute atomic E-state index is 0.222. The molecule has 0 heterocycles. The van der Waals surface area contributed by atoms with Crippen molar-refractivity contribution in [2.75, 3.05) is 23.7 Å². The molecule has 3 heteroatoms. The summed E-state index contributed by atoms with van der Waals surface area (Å²) in [4.78, 5) is 2.31. The van der Waals surface area contributed by atoms with Crippen LogP contribution < -0.4 is 10.6 Å². The molecule has 0 aliphatic heterocycles. The zero-order valence-electron chi connectivity index (χ0n) is 11.6. The Hall–Kier alpha value is -1.69. The number of hydrogen-bond acceptors (Lipinski definition) is 3. The van der Waals surface area contributed by atoms with Crippen molar-refractivity contribution in [3.05, 3.63) is 24.3 Å². The van der Waals surface area contributed by atoms with Crippen LogP contribution in [-0.4, -0.2) is 13.1 Å². The molecule has 0 amide bonds. The van der Waals surface area contributed by atoms with Gasteiger partial charge in [-0.25, -0.2) is 0 Å². The van der Waals surface area contributed by atoms with Crippen molar-refractivity contribution < 1.29 is 0 Å². The molecule has 18 heavy (non-hydrogen) atoms. The number of nitrogens with zero attached hydrogens (tertiary/aromatic N) is 2. The van der Waals surface area contributed by atoms with Crippen LogP contribution in [0.2, 0.25) is 0 Å². The summed E-state index contributed by atoms with van der Waals surface area (Å²) in [5.41, 5.74) is 7.46. The molecule has 0 saturated heterocycles. The smallest absolute Gasteiger partial charge is 0.0683 e. The molecule has 0 radical (unpaired) electrons. The van der Waals surface area contributed by atoms with Crippen molar-refractivity contribution in [2.45, 2.75) is 33.6 Å². The van der Waals surface area contributed by atoms with Crippen LogP contribution in [0, 0.1) is 16.7 Å². The Morgan fingerprint density at radius 3 is 2.39 bits per heavy atom. The Morgan fingerprint density at radius 1 is 1.28 bits per heavy atom. The Kier molecular flexibility index (Phi) is 5.03. The lowest BCUT2D eigenvalue weighted by molar-refractivity contribution is 0.435. The van der Waals surface area contributed by atoms with Crippen molar-refractivity contribution in [1.82, 2.24) is 0 Å². The number of anilines is 2. The SMILES string of the molecule is CCN(CCCC(C)(C)C#N)c1ccc(N)cc1. The van der Waals surface area contributed by atoms with Crippen LogP contribution in [0.1, 0.15) is 33.6 Å². The van der Waals surface area contributed by atoms with Gasteiger partial charge >= 0.3 is 0 Å². The van der Waals surface area contributed by atoms with Gasteiger partial charge in [-0.2, -0.15) is 5.26 Å². The predicted octanol–water partition coefficient (Wildman–Crippen LogP) is 3.43. The molecule has 0 fully saturated rings. The van der Waals surface area contributed by atoms with Gasteiger partial charge in [0, 0.05) is 24.5 Å². The first kappa shape index (κ1) is 14.4. The molecule has 0 spiro atoms. The van der Waals surface area contributed by atoms with E-state index in [4.69, 9.17) is 11.0 Å². The highest BCUT2D eigenvalue weighted by atomic mass is 15.1. The van der Waals surface area contributed by atoms with Crippen molar-refractivity contribution in [2.24, 2.45) is 5.41 Å². The highest BCUT2D eigenvalue weighted by molar-refractivity contribution is 5.52. The van der Waals surface area contributed by atoms with Gasteiger partial charge < -0.3 is 10.6 Å². The molecule has 1 rings (SSSR count). The third-order valence-electron chi connectivity index (χ3n) is 3.17. The second kappa shape index (κ2) is 6.30. The Balaban J connectivity index is 2.53. The van der Waals surface area contributed by atoms with E-state index in [0.29, 0.717) is 0 Å². The summed E-state index contributed by atoms with van der Waals surface area (Å²) in [5, 5.41) is 8.99. The number of nitriles is 1. The third kappa shape index (κ3) is 4.29. The van der Waals surface area contributed by atoms with Crippen LogP contribution in [0.3, 0.4) is 0 Å². The summed E-state index contributed by atoms with van der Waals surface area (Å²) in [5.74, 6) is 0. The van der Waals surface area contributed by atoms with Crippen LogP contribution in [0.15, 0.2) is 24.3 Å². The van der Waals surface area contributed by atoms with Crippen molar-refractivity contribution in [3.8, 4) is 6.07 Å². The first-order valence-electron chi connectivity index (χ1n) is 6.50. The summed E-state index contributed by atoms with van der Waals surface area (Å²) in [6, 6.07) is 10.3. The van der Waals surface area contributed by atoms with Crippen LogP contribution >= 0.6 is 0 Å². The third-order valence-corrected chi connectivity index (χ3v) is 3.17. The molecular formula is C15H23N3. The zero-order chi connectivity index (χ0) is 13.6. The minimum Gasteiger partial charge on any atom is -0.399 e. The minimum atomic E-state index is -0.222. The number of benzene rings is 1. The number of rotatable bonds is 6. The van der Waals surface area contributed by atoms with E-state index in [1.807, 2.05) is 38.1 Å². The molecule has 0 unspecified atom stereocenters. The number of hydrogen-bond donors (Lipinski definition) is 1. The van der Waals surface area contributed by atoms with Crippen molar-refractivity contribution in [3.63, 3.8) is 0 Å². The van der Waals surface area contributed by atoms with Gasteiger partial charge in [0.05, 0.1) is 11.5 Å². The fourth-order valence-electron chi connectivity index (χ4n) is 1.92. The maximum Gasteiger partial charge on any atom is 0.0683 e. The van der Waals surface area contributed by atoms with Gasteiger partial charge in [-0.15, -0.1) is 0 Å². The first-order chi connectivity index (χ1) is 8.48. The summed E-state index contributed by atoms with van der Waals surface area (Å²) in [7, 11) is 0. The maximum absolute atomic E-state index is 8.99. The predicted molar refractivity (Wildman–Crippen MR) is 77.4 cm³/mol. The van der Waals surface area contributed by atoms with E-state index in [0.717, 1.165) is 31.6 Å². The highest BCUT2D eigenvalue weighted by Crippen LogP contribution is 2.22. The van der Waals surface area contributed by atoms with Gasteiger partial charge in [0.1, 0.15) is 0 Å². The average Bonchev–Trinajstić information content (AvgIpc) is 2.36. The second-order valence-corrected chi connectivity index (χ2v) is 5.27. The van der Waals surface area contributed by atoms with Crippen LogP contribution in [0.25, 0.3) is 0 Å². The molecule has 0 aromatic heterocycles. The molecule has 2 N–H and O–H groups in total. The van der Waals surface area contributed by atoms with E-state index in [1.54, 1.807) is 0 Å². The molecule has 98 valence electrons. The monoisotopic (exact) mass is 245 g/mol. The lowest BCUT2D eigenvalue weighted by Gasteiger charge is -2.24. The van der Waals surface area contributed by atoms with Crippen LogP contribution in [-0.2, 0) is 0 Å². The molecule has 1 aromatic rings. The summed E-state index contributed by atoms with van der Waals surface area (Å²) in [6.07, 6.45) is 1.95. The fraction of sp³-hybridized carbons (Fsp3) is 0.533. The van der Waals surface area contributed by atoms with Crippen molar-refractivity contribution in [1.29, 1.82) is 5.26 Å². The molecule has 0 saturated carbocycles. The van der Waals surface area contributed by atoms with Gasteiger partial charge in [-0.1, -0.05) is 0 Å². The molecule has 0 bridgehead atoms. The van der Waals surface area contributed by atoms with E-state index in [2.05, 4.69) is 17.9 Å². The topological polar surface area (TPSA) is 53.0 Å². The Labute approximate surface area is 110 Å². The summed E-state index contributed by atoms with van der Waals surface area (Å²) in [6.45, 7) is 8.08. The number of nitrogens with two attached hydrogens (primary N) is 1. The normalized spacial score (nSPS) is 11.0. The van der Waals surface area contributed by atoms with E-state index in [1.165, 1.54) is 5.69 Å². The lowest BCUT2D eigenvalue weighted by atomic mass is 9.90. The average molecular weight is 245 g/mol. The van der Waals surface area contributed by atoms with Gasteiger partial charge in [-0.05, 0) is 57.9 Å². The Bertz CT molecular complexity index is 401. The second-order valence-electron chi connectivity index (χ2n) is 5.27. The molecule has 3 nitrogen and oxygen atoms in total.